The van der Waals surface area contributed by atoms with E-state index in [1.54, 1.807) is 0 Å². The minimum atomic E-state index is -6.92. The van der Waals surface area contributed by atoms with Crippen LogP contribution < -0.4 is 4.74 Å². The maximum absolute atomic E-state index is 13.1. The molecule has 0 aliphatic rings. The van der Waals surface area contributed by atoms with Crippen LogP contribution >= 0.6 is 0 Å². The van der Waals surface area contributed by atoms with E-state index in [-0.39, 0.29) is 0 Å². The molecule has 1 radical (unpaired) electrons. The molecule has 10 heteroatoms. The summed E-state index contributed by atoms with van der Waals surface area (Å²) in [4.78, 5) is 0. The van der Waals surface area contributed by atoms with E-state index >= 15 is 0 Å². The molecule has 0 N–H and O–H groups in total. The maximum atomic E-state index is 13.1. The molecule has 0 atom stereocenters. The second-order valence-corrected chi connectivity index (χ2v) is 3.51. The van der Waals surface area contributed by atoms with Gasteiger partial charge < -0.3 is 4.74 Å². The van der Waals surface area contributed by atoms with E-state index in [0.717, 1.165) is 12.1 Å². The van der Waals surface area contributed by atoms with E-state index in [0.29, 0.717) is 12.1 Å². The topological polar surface area (TPSA) is 9.23 Å². The summed E-state index contributed by atoms with van der Waals surface area (Å²) in [6.07, 6.45) is -20.1. The Bertz CT molecular complexity index is 434. The van der Waals surface area contributed by atoms with Gasteiger partial charge in [0.1, 0.15) is 5.75 Å². The lowest BCUT2D eigenvalue weighted by Crippen LogP contribution is -2.66. The molecule has 0 spiro atoms. The van der Waals surface area contributed by atoms with Crippen molar-refractivity contribution in [3.8, 4) is 5.75 Å². The Balaban J connectivity index is 3.27. The van der Waals surface area contributed by atoms with Gasteiger partial charge in [-0.15, -0.1) is 0 Å². The first-order valence-electron chi connectivity index (χ1n) is 4.68. The summed E-state index contributed by atoms with van der Waals surface area (Å²) in [7, 11) is 0. The first-order chi connectivity index (χ1) is 8.83. The quantitative estimate of drug-likeness (QED) is 0.757. The molecular weight excluding hydrogens is 307 g/mol. The molecular formula is C10H4F9O. The second-order valence-electron chi connectivity index (χ2n) is 3.51. The van der Waals surface area contributed by atoms with E-state index in [9.17, 15) is 39.5 Å². The lowest BCUT2D eigenvalue weighted by Gasteiger charge is -2.35. The van der Waals surface area contributed by atoms with Crippen LogP contribution in [0.5, 0.6) is 5.75 Å². The number of benzene rings is 1. The Morgan fingerprint density at radius 1 is 0.850 bits per heavy atom. The van der Waals surface area contributed by atoms with Gasteiger partial charge in [-0.1, -0.05) is 12.1 Å². The van der Waals surface area contributed by atoms with Gasteiger partial charge in [-0.2, -0.15) is 35.1 Å². The number of hydrogen-bond donors (Lipinski definition) is 0. The maximum Gasteiger partial charge on any atom is 0.451 e. The Hall–Kier alpha value is -1.61. The Morgan fingerprint density at radius 2 is 1.35 bits per heavy atom. The van der Waals surface area contributed by atoms with Gasteiger partial charge in [-0.3, -0.25) is 0 Å². The van der Waals surface area contributed by atoms with Gasteiger partial charge in [0, 0.05) is 0 Å². The van der Waals surface area contributed by atoms with E-state index in [2.05, 4.69) is 10.8 Å². The normalized spacial score (nSPS) is 14.2. The first-order valence-corrected chi connectivity index (χ1v) is 4.68. The molecule has 0 aromatic heterocycles. The first kappa shape index (κ1) is 16.4. The minimum Gasteiger partial charge on any atom is -0.430 e. The third-order valence-electron chi connectivity index (χ3n) is 2.11. The van der Waals surface area contributed by atoms with Crippen molar-refractivity contribution in [3.05, 3.63) is 30.3 Å². The zero-order chi connectivity index (χ0) is 15.8. The minimum absolute atomic E-state index is 0.529. The molecule has 0 bridgehead atoms. The fourth-order valence-corrected chi connectivity index (χ4v) is 1.15. The van der Waals surface area contributed by atoms with Crippen LogP contribution in [-0.4, -0.2) is 24.1 Å². The molecule has 0 aliphatic carbocycles. The number of ether oxygens (including phenoxy) is 1. The summed E-state index contributed by atoms with van der Waals surface area (Å²) in [6, 6.07) is 5.28. The molecule has 1 aromatic rings. The van der Waals surface area contributed by atoms with Crippen LogP contribution in [0.4, 0.5) is 39.5 Å². The third kappa shape index (κ3) is 2.63. The molecule has 0 fully saturated rings. The molecule has 113 valence electrons. The van der Waals surface area contributed by atoms with Gasteiger partial charge in [0.25, 0.3) is 0 Å². The predicted octanol–water partition coefficient (Wildman–Crippen LogP) is 4.29. The summed E-state index contributed by atoms with van der Waals surface area (Å²) < 4.78 is 115. The summed E-state index contributed by atoms with van der Waals surface area (Å²) in [5.74, 6) is -1.10. The molecule has 20 heavy (non-hydrogen) atoms. The van der Waals surface area contributed by atoms with Gasteiger partial charge in [-0.05, 0) is 18.2 Å². The number of halogens is 9. The molecule has 0 heterocycles. The number of hydrogen-bond acceptors (Lipinski definition) is 1. The smallest absolute Gasteiger partial charge is 0.430 e. The fourth-order valence-electron chi connectivity index (χ4n) is 1.15. The largest absolute Gasteiger partial charge is 0.451 e. The van der Waals surface area contributed by atoms with E-state index in [1.807, 2.05) is 0 Å². The zero-order valence-corrected chi connectivity index (χ0v) is 9.12. The molecule has 0 saturated heterocycles. The average Bonchev–Trinajstić information content (AvgIpc) is 2.25. The van der Waals surface area contributed by atoms with Crippen LogP contribution in [-0.2, 0) is 0 Å². The highest BCUT2D eigenvalue weighted by molar-refractivity contribution is 5.21. The molecule has 0 unspecified atom stereocenters. The highest BCUT2D eigenvalue weighted by atomic mass is 19.4. The van der Waals surface area contributed by atoms with E-state index in [4.69, 9.17) is 0 Å². The second kappa shape index (κ2) is 4.74. The SMILES string of the molecule is FC(F)(F)C(F)(C(F)(F)F)C(F)(F)Oc1c[c]ccc1. The molecule has 1 aromatic carbocycles. The molecule has 1 nitrogen and oxygen atoms in total. The standard InChI is InChI=1S/C10H4F9O/c11-7(8(12,13)14,9(15,16)17)10(18,19)20-6-4-2-1-3-5-6/h1-2,4-5H. The van der Waals surface area contributed by atoms with Crippen molar-refractivity contribution in [3.63, 3.8) is 0 Å². The average molecular weight is 311 g/mol. The van der Waals surface area contributed by atoms with Crippen molar-refractivity contribution >= 4 is 0 Å². The third-order valence-corrected chi connectivity index (χ3v) is 2.11. The van der Waals surface area contributed by atoms with Crippen molar-refractivity contribution in [2.75, 3.05) is 0 Å². The highest BCUT2D eigenvalue weighted by Gasteiger charge is 2.86. The van der Waals surface area contributed by atoms with Gasteiger partial charge in [0.2, 0.25) is 0 Å². The van der Waals surface area contributed by atoms with Crippen LogP contribution in [0.3, 0.4) is 0 Å². The number of alkyl halides is 9. The zero-order valence-electron chi connectivity index (χ0n) is 9.12. The Labute approximate surface area is 105 Å². The van der Waals surface area contributed by atoms with E-state index < -0.39 is 29.9 Å². The highest BCUT2D eigenvalue weighted by Crippen LogP contribution is 2.54. The van der Waals surface area contributed by atoms with Crippen molar-refractivity contribution < 1.29 is 44.3 Å². The molecule has 1 rings (SSSR count). The van der Waals surface area contributed by atoms with Crippen LogP contribution in [0.1, 0.15) is 0 Å². The summed E-state index contributed by atoms with van der Waals surface area (Å²) >= 11 is 0. The molecule has 0 saturated carbocycles. The lowest BCUT2D eigenvalue weighted by molar-refractivity contribution is -0.432. The van der Waals surface area contributed by atoms with Gasteiger partial charge in [0.15, 0.2) is 0 Å². The molecule has 0 amide bonds. The van der Waals surface area contributed by atoms with Crippen LogP contribution in [0, 0.1) is 6.07 Å². The fraction of sp³-hybridized carbons (Fsp3) is 0.400. The van der Waals surface area contributed by atoms with Crippen LogP contribution in [0.2, 0.25) is 0 Å². The van der Waals surface area contributed by atoms with Gasteiger partial charge >= 0.3 is 24.1 Å². The summed E-state index contributed by atoms with van der Waals surface area (Å²) in [6.45, 7) is 0. The Kier molecular flexibility index (Phi) is 3.90. The van der Waals surface area contributed by atoms with Crippen LogP contribution in [0.15, 0.2) is 24.3 Å². The predicted molar refractivity (Wildman–Crippen MR) is 46.8 cm³/mol. The monoisotopic (exact) mass is 311 g/mol. The van der Waals surface area contributed by atoms with Crippen LogP contribution in [0.25, 0.3) is 0 Å². The van der Waals surface area contributed by atoms with Gasteiger partial charge in [0.05, 0.1) is 0 Å². The Morgan fingerprint density at radius 3 is 1.70 bits per heavy atom. The summed E-state index contributed by atoms with van der Waals surface area (Å²) in [5, 5.41) is 0. The number of rotatable bonds is 3. The lowest BCUT2D eigenvalue weighted by atomic mass is 10.0. The van der Waals surface area contributed by atoms with Crippen molar-refractivity contribution in [2.24, 2.45) is 0 Å². The molecule has 0 aliphatic heterocycles. The summed E-state index contributed by atoms with van der Waals surface area (Å²) in [5.41, 5.74) is -6.84. The van der Waals surface area contributed by atoms with E-state index in [1.165, 1.54) is 0 Å². The van der Waals surface area contributed by atoms with Gasteiger partial charge in [-0.25, -0.2) is 4.39 Å². The van der Waals surface area contributed by atoms with Crippen molar-refractivity contribution in [2.45, 2.75) is 24.1 Å². The van der Waals surface area contributed by atoms with Crippen molar-refractivity contribution in [1.82, 2.24) is 0 Å². The van der Waals surface area contributed by atoms with Crippen molar-refractivity contribution in [1.29, 1.82) is 0 Å².